The fourth-order valence-corrected chi connectivity index (χ4v) is 4.31. The van der Waals surface area contributed by atoms with Gasteiger partial charge in [0.1, 0.15) is 24.1 Å². The molecule has 2 aromatic carbocycles. The van der Waals surface area contributed by atoms with Gasteiger partial charge in [-0.25, -0.2) is 4.79 Å². The summed E-state index contributed by atoms with van der Waals surface area (Å²) in [6.07, 6.45) is 0.974. The zero-order valence-corrected chi connectivity index (χ0v) is 24.5. The third-order valence-corrected chi connectivity index (χ3v) is 6.88. The Morgan fingerprint density at radius 3 is 2.00 bits per heavy atom. The van der Waals surface area contributed by atoms with Gasteiger partial charge in [0.2, 0.25) is 11.8 Å². The minimum absolute atomic E-state index is 0.213. The molecule has 0 aliphatic rings. The van der Waals surface area contributed by atoms with E-state index in [9.17, 15) is 19.2 Å². The second kappa shape index (κ2) is 15.8. The summed E-state index contributed by atoms with van der Waals surface area (Å²) in [6.45, 7) is 7.82. The number of carbonyl (C=O) groups is 4. The van der Waals surface area contributed by atoms with E-state index in [1.165, 1.54) is 7.11 Å². The maximum absolute atomic E-state index is 14.0. The molecule has 0 aliphatic heterocycles. The molecule has 0 unspecified atom stereocenters. The second-order valence-corrected chi connectivity index (χ2v) is 10.6. The zero-order chi connectivity index (χ0) is 29.8. The van der Waals surface area contributed by atoms with Crippen LogP contribution in [0.15, 0.2) is 54.6 Å². The van der Waals surface area contributed by atoms with Crippen LogP contribution in [-0.2, 0) is 19.1 Å². The lowest BCUT2D eigenvalue weighted by atomic mass is 9.96. The van der Waals surface area contributed by atoms with Crippen LogP contribution in [0.5, 0.6) is 5.75 Å². The number of amides is 2. The first-order valence-corrected chi connectivity index (χ1v) is 13.6. The van der Waals surface area contributed by atoms with Gasteiger partial charge in [-0.05, 0) is 62.2 Å². The molecule has 0 fully saturated rings. The lowest BCUT2D eigenvalue weighted by molar-refractivity contribution is -0.147. The molecule has 2 amide bonds. The van der Waals surface area contributed by atoms with Crippen molar-refractivity contribution in [3.05, 3.63) is 65.7 Å². The molecule has 9 nitrogen and oxygen atoms in total. The predicted molar refractivity (Wildman–Crippen MR) is 154 cm³/mol. The Balaban J connectivity index is 2.58. The molecule has 0 aliphatic carbocycles. The molecule has 0 saturated heterocycles. The van der Waals surface area contributed by atoms with Gasteiger partial charge in [0, 0.05) is 5.56 Å². The maximum atomic E-state index is 14.0. The second-order valence-electron chi connectivity index (χ2n) is 10.6. The van der Waals surface area contributed by atoms with E-state index < -0.39 is 36.1 Å². The van der Waals surface area contributed by atoms with Gasteiger partial charge in [-0.1, -0.05) is 64.4 Å². The van der Waals surface area contributed by atoms with Crippen molar-refractivity contribution < 1.29 is 28.7 Å². The van der Waals surface area contributed by atoms with Crippen molar-refractivity contribution in [2.24, 2.45) is 11.8 Å². The summed E-state index contributed by atoms with van der Waals surface area (Å²) < 4.78 is 11.3. The van der Waals surface area contributed by atoms with Crippen molar-refractivity contribution in [1.82, 2.24) is 15.5 Å². The van der Waals surface area contributed by atoms with Crippen LogP contribution in [-0.4, -0.2) is 68.3 Å². The first kappa shape index (κ1) is 32.5. The largest absolute Gasteiger partial charge is 0.483 e. The fourth-order valence-electron chi connectivity index (χ4n) is 4.31. The number of hydrogen-bond donors (Lipinski definition) is 2. The molecular formula is C31H43N3O6. The Kier molecular flexibility index (Phi) is 12.8. The van der Waals surface area contributed by atoms with Crippen LogP contribution >= 0.6 is 0 Å². The van der Waals surface area contributed by atoms with Crippen LogP contribution in [0.4, 0.5) is 0 Å². The van der Waals surface area contributed by atoms with E-state index in [0.717, 1.165) is 6.29 Å². The van der Waals surface area contributed by atoms with Gasteiger partial charge in [-0.15, -0.1) is 0 Å². The summed E-state index contributed by atoms with van der Waals surface area (Å²) in [6, 6.07) is 13.0. The number of methoxy groups -OCH3 is 1. The van der Waals surface area contributed by atoms with E-state index in [2.05, 4.69) is 10.6 Å². The van der Waals surface area contributed by atoms with Crippen LogP contribution in [0.2, 0.25) is 0 Å². The summed E-state index contributed by atoms with van der Waals surface area (Å²) in [7, 11) is 4.91. The first-order chi connectivity index (χ1) is 19.0. The van der Waals surface area contributed by atoms with Gasteiger partial charge in [-0.2, -0.15) is 0 Å². The van der Waals surface area contributed by atoms with Gasteiger partial charge in [0.15, 0.2) is 6.10 Å². The Labute approximate surface area is 237 Å². The van der Waals surface area contributed by atoms with Gasteiger partial charge >= 0.3 is 5.97 Å². The van der Waals surface area contributed by atoms with Gasteiger partial charge in [0.25, 0.3) is 0 Å². The average Bonchev–Trinajstić information content (AvgIpc) is 2.95. The molecule has 0 aromatic heterocycles. The summed E-state index contributed by atoms with van der Waals surface area (Å²) >= 11 is 0. The highest BCUT2D eigenvalue weighted by Crippen LogP contribution is 2.27. The number of carbonyl (C=O) groups excluding carboxylic acids is 4. The molecule has 40 heavy (non-hydrogen) atoms. The highest BCUT2D eigenvalue weighted by Gasteiger charge is 2.38. The normalized spacial score (nSPS) is 14.9. The smallest absolute Gasteiger partial charge is 0.328 e. The summed E-state index contributed by atoms with van der Waals surface area (Å²) in [5.74, 6) is -1.06. The van der Waals surface area contributed by atoms with E-state index in [1.54, 1.807) is 36.4 Å². The quantitative estimate of drug-likeness (QED) is 0.255. The van der Waals surface area contributed by atoms with Crippen molar-refractivity contribution >= 4 is 24.1 Å². The van der Waals surface area contributed by atoms with E-state index >= 15 is 0 Å². The van der Waals surface area contributed by atoms with E-state index in [1.807, 2.05) is 64.9 Å². The average molecular weight is 554 g/mol. The van der Waals surface area contributed by atoms with Gasteiger partial charge in [0.05, 0.1) is 13.2 Å². The molecule has 2 N–H and O–H groups in total. The topological polar surface area (TPSA) is 114 Å². The number of nitrogens with zero attached hydrogens (tertiary/aromatic N) is 1. The Morgan fingerprint density at radius 1 is 0.900 bits per heavy atom. The number of benzene rings is 2. The van der Waals surface area contributed by atoms with Gasteiger partial charge in [-0.3, -0.25) is 19.3 Å². The molecule has 2 rings (SSSR count). The fraction of sp³-hybridized carbons (Fsp3) is 0.484. The minimum atomic E-state index is -1.20. The molecule has 218 valence electrons. The standard InChI is InChI=1S/C31H43N3O6/c1-8-21(4)26(31(38)39-7)32-30(37)27(33-29(36)25(34(5)6)18-20(2)3)28(23-12-10-9-11-13-23)40-24-16-14-22(19-35)15-17-24/h9-17,19-21,25-28H,8,18H2,1-7H3,(H,32,37)(H,33,36)/t21-,25-,26-,27-,28-/m0/s1. The number of likely N-dealkylation sites (N-methyl/N-ethyl adjacent to an activating group) is 1. The lowest BCUT2D eigenvalue weighted by Gasteiger charge is -2.33. The predicted octanol–water partition coefficient (Wildman–Crippen LogP) is 3.78. The van der Waals surface area contributed by atoms with E-state index in [-0.39, 0.29) is 17.7 Å². The van der Waals surface area contributed by atoms with Crippen LogP contribution in [0.1, 0.15) is 62.6 Å². The summed E-state index contributed by atoms with van der Waals surface area (Å²) in [5.41, 5.74) is 1.12. The van der Waals surface area contributed by atoms with E-state index in [0.29, 0.717) is 29.7 Å². The van der Waals surface area contributed by atoms with Crippen molar-refractivity contribution in [2.45, 2.75) is 64.8 Å². The molecule has 9 heteroatoms. The monoisotopic (exact) mass is 553 g/mol. The van der Waals surface area contributed by atoms with Crippen LogP contribution in [0.3, 0.4) is 0 Å². The van der Waals surface area contributed by atoms with Gasteiger partial charge < -0.3 is 20.1 Å². The Morgan fingerprint density at radius 2 is 1.50 bits per heavy atom. The molecule has 5 atom stereocenters. The number of rotatable bonds is 15. The van der Waals surface area contributed by atoms with Crippen LogP contribution < -0.4 is 15.4 Å². The molecule has 2 aromatic rings. The first-order valence-electron chi connectivity index (χ1n) is 13.6. The zero-order valence-electron chi connectivity index (χ0n) is 24.5. The summed E-state index contributed by atoms with van der Waals surface area (Å²) in [5, 5.41) is 5.76. The number of esters is 1. The summed E-state index contributed by atoms with van der Waals surface area (Å²) in [4.78, 5) is 53.2. The molecule has 0 bridgehead atoms. The third kappa shape index (κ3) is 9.19. The maximum Gasteiger partial charge on any atom is 0.328 e. The lowest BCUT2D eigenvalue weighted by Crippen LogP contribution is -2.58. The van der Waals surface area contributed by atoms with Crippen LogP contribution in [0, 0.1) is 11.8 Å². The van der Waals surface area contributed by atoms with Crippen molar-refractivity contribution in [3.63, 3.8) is 0 Å². The molecule has 0 radical (unpaired) electrons. The minimum Gasteiger partial charge on any atom is -0.483 e. The third-order valence-electron chi connectivity index (χ3n) is 6.88. The van der Waals surface area contributed by atoms with Crippen molar-refractivity contribution in [2.75, 3.05) is 21.2 Å². The number of aldehydes is 1. The number of hydrogen-bond acceptors (Lipinski definition) is 7. The molecule has 0 heterocycles. The molecule has 0 saturated carbocycles. The highest BCUT2D eigenvalue weighted by molar-refractivity contribution is 5.92. The van der Waals surface area contributed by atoms with Crippen molar-refractivity contribution in [3.8, 4) is 5.75 Å². The van der Waals surface area contributed by atoms with Crippen molar-refractivity contribution in [1.29, 1.82) is 0 Å². The number of ether oxygens (including phenoxy) is 2. The molecule has 0 spiro atoms. The number of nitrogens with one attached hydrogen (secondary N) is 2. The SMILES string of the molecule is CC[C@H](C)[C@H](NC(=O)[C@@H](NC(=O)[C@H](CC(C)C)N(C)C)[C@@H](Oc1ccc(C=O)cc1)c1ccccc1)C(=O)OC. The molecular weight excluding hydrogens is 510 g/mol. The Hall–Kier alpha value is -3.72. The highest BCUT2D eigenvalue weighted by atomic mass is 16.5. The van der Waals surface area contributed by atoms with Crippen LogP contribution in [0.25, 0.3) is 0 Å². The Bertz CT molecular complexity index is 1100. The van der Waals surface area contributed by atoms with E-state index in [4.69, 9.17) is 9.47 Å².